The minimum Gasteiger partial charge on any atom is -0.391 e. The van der Waals surface area contributed by atoms with E-state index in [4.69, 9.17) is 0 Å². The van der Waals surface area contributed by atoms with Gasteiger partial charge in [0.05, 0.1) is 6.10 Å². The zero-order valence-electron chi connectivity index (χ0n) is 10.6. The molecule has 0 spiro atoms. The minimum absolute atomic E-state index is 0.262. The maximum absolute atomic E-state index is 12.7. The van der Waals surface area contributed by atoms with Crippen LogP contribution in [0.5, 0.6) is 0 Å². The Morgan fingerprint density at radius 2 is 1.10 bits per heavy atom. The first-order valence-electron chi connectivity index (χ1n) is 6.08. The molecule has 5 heteroatoms. The van der Waals surface area contributed by atoms with Crippen LogP contribution in [0.2, 0.25) is 0 Å². The summed E-state index contributed by atoms with van der Waals surface area (Å²) in [7, 11) is 0. The topological polar surface area (TPSA) is 20.2 Å². The molecule has 1 nitrogen and oxygen atoms in total. The van der Waals surface area contributed by atoms with Crippen LogP contribution in [-0.2, 0) is 0 Å². The molecule has 20 heavy (non-hydrogen) atoms. The Morgan fingerprint density at radius 1 is 0.750 bits per heavy atom. The summed E-state index contributed by atoms with van der Waals surface area (Å²) in [5.74, 6) is 0.558. The van der Waals surface area contributed by atoms with Gasteiger partial charge in [-0.3, -0.25) is 0 Å². The number of benzene rings is 2. The number of rotatable bonds is 6. The molecule has 0 bridgehead atoms. The van der Waals surface area contributed by atoms with E-state index in [1.54, 1.807) is 24.3 Å². The highest BCUT2D eigenvalue weighted by Crippen LogP contribution is 2.23. The van der Waals surface area contributed by atoms with E-state index in [-0.39, 0.29) is 11.6 Å². The number of thioether (sulfide) groups is 2. The van der Waals surface area contributed by atoms with Gasteiger partial charge in [-0.15, -0.1) is 23.5 Å². The molecule has 1 N–H and O–H groups in total. The van der Waals surface area contributed by atoms with Crippen molar-refractivity contribution in [3.63, 3.8) is 0 Å². The third-order valence-electron chi connectivity index (χ3n) is 2.51. The van der Waals surface area contributed by atoms with Crippen LogP contribution in [0.4, 0.5) is 8.78 Å². The Bertz CT molecular complexity index is 479. The lowest BCUT2D eigenvalue weighted by atomic mass is 10.3. The second-order valence-electron chi connectivity index (χ2n) is 4.18. The van der Waals surface area contributed by atoms with Crippen LogP contribution in [0.3, 0.4) is 0 Å². The predicted octanol–water partition coefficient (Wildman–Crippen LogP) is 4.21. The van der Waals surface area contributed by atoms with Gasteiger partial charge in [0, 0.05) is 21.3 Å². The van der Waals surface area contributed by atoms with E-state index in [0.717, 1.165) is 9.79 Å². The van der Waals surface area contributed by atoms with Crippen molar-refractivity contribution >= 4 is 23.5 Å². The second kappa shape index (κ2) is 7.67. The van der Waals surface area contributed by atoms with E-state index in [2.05, 4.69) is 0 Å². The molecule has 0 amide bonds. The summed E-state index contributed by atoms with van der Waals surface area (Å²) in [5, 5.41) is 9.89. The van der Waals surface area contributed by atoms with Gasteiger partial charge in [0.1, 0.15) is 11.6 Å². The largest absolute Gasteiger partial charge is 0.391 e. The first-order valence-corrected chi connectivity index (χ1v) is 8.05. The molecule has 0 heterocycles. The lowest BCUT2D eigenvalue weighted by Crippen LogP contribution is -2.12. The zero-order chi connectivity index (χ0) is 14.4. The summed E-state index contributed by atoms with van der Waals surface area (Å²) in [4.78, 5) is 1.86. The smallest absolute Gasteiger partial charge is 0.123 e. The molecule has 2 aromatic rings. The molecule has 2 rings (SSSR count). The highest BCUT2D eigenvalue weighted by Gasteiger charge is 2.06. The summed E-state index contributed by atoms with van der Waals surface area (Å²) < 4.78 is 25.5. The Balaban J connectivity index is 1.73. The van der Waals surface area contributed by atoms with Gasteiger partial charge in [-0.25, -0.2) is 8.78 Å². The van der Waals surface area contributed by atoms with Crippen LogP contribution in [0.15, 0.2) is 58.3 Å². The van der Waals surface area contributed by atoms with Crippen LogP contribution in [0.25, 0.3) is 0 Å². The van der Waals surface area contributed by atoms with Crippen molar-refractivity contribution in [3.8, 4) is 0 Å². The number of hydrogen-bond acceptors (Lipinski definition) is 3. The number of hydrogen-bond donors (Lipinski definition) is 1. The second-order valence-corrected chi connectivity index (χ2v) is 6.37. The lowest BCUT2D eigenvalue weighted by Gasteiger charge is -2.10. The Labute approximate surface area is 125 Å². The summed E-state index contributed by atoms with van der Waals surface area (Å²) >= 11 is 2.97. The highest BCUT2D eigenvalue weighted by atomic mass is 32.2. The Morgan fingerprint density at radius 3 is 1.45 bits per heavy atom. The highest BCUT2D eigenvalue weighted by molar-refractivity contribution is 8.00. The summed E-state index contributed by atoms with van der Waals surface area (Å²) in [6, 6.07) is 12.4. The van der Waals surface area contributed by atoms with Gasteiger partial charge in [-0.2, -0.15) is 0 Å². The SMILES string of the molecule is OC(CSc1ccc(F)cc1)CSc1ccc(F)cc1. The van der Waals surface area contributed by atoms with Crippen molar-refractivity contribution in [2.45, 2.75) is 15.9 Å². The van der Waals surface area contributed by atoms with Gasteiger partial charge in [0.2, 0.25) is 0 Å². The third-order valence-corrected chi connectivity index (χ3v) is 4.83. The van der Waals surface area contributed by atoms with Gasteiger partial charge in [-0.1, -0.05) is 0 Å². The van der Waals surface area contributed by atoms with E-state index in [9.17, 15) is 13.9 Å². The molecular formula is C15H14F2OS2. The van der Waals surface area contributed by atoms with Crippen LogP contribution >= 0.6 is 23.5 Å². The number of aliphatic hydroxyl groups is 1. The van der Waals surface area contributed by atoms with Crippen molar-refractivity contribution in [2.75, 3.05) is 11.5 Å². The summed E-state index contributed by atoms with van der Waals surface area (Å²) in [6.07, 6.45) is -0.472. The molecule has 0 aliphatic heterocycles. The van der Waals surface area contributed by atoms with Crippen LogP contribution in [0.1, 0.15) is 0 Å². The molecule has 0 aromatic heterocycles. The molecule has 0 atom stereocenters. The average Bonchev–Trinajstić information content (AvgIpc) is 2.46. The van der Waals surface area contributed by atoms with Gasteiger partial charge in [0.15, 0.2) is 0 Å². The Hall–Kier alpha value is -1.04. The maximum Gasteiger partial charge on any atom is 0.123 e. The molecule has 0 aliphatic rings. The molecule has 0 fully saturated rings. The fourth-order valence-electron chi connectivity index (χ4n) is 1.49. The van der Waals surface area contributed by atoms with Gasteiger partial charge in [0.25, 0.3) is 0 Å². The average molecular weight is 312 g/mol. The van der Waals surface area contributed by atoms with Crippen LogP contribution in [0, 0.1) is 11.6 Å². The fourth-order valence-corrected chi connectivity index (χ4v) is 3.31. The van der Waals surface area contributed by atoms with Crippen molar-refractivity contribution < 1.29 is 13.9 Å². The van der Waals surface area contributed by atoms with Crippen molar-refractivity contribution in [1.82, 2.24) is 0 Å². The first-order chi connectivity index (χ1) is 9.63. The van der Waals surface area contributed by atoms with Crippen LogP contribution < -0.4 is 0 Å². The molecule has 2 aromatic carbocycles. The van der Waals surface area contributed by atoms with Gasteiger partial charge >= 0.3 is 0 Å². The normalized spacial score (nSPS) is 11.0. The number of aliphatic hydroxyl groups excluding tert-OH is 1. The van der Waals surface area contributed by atoms with E-state index in [1.807, 2.05) is 0 Å². The molecular weight excluding hydrogens is 298 g/mol. The molecule has 0 unspecified atom stereocenters. The Kier molecular flexibility index (Phi) is 5.88. The monoisotopic (exact) mass is 312 g/mol. The lowest BCUT2D eigenvalue weighted by molar-refractivity contribution is 0.225. The summed E-state index contributed by atoms with van der Waals surface area (Å²) in [6.45, 7) is 0. The number of halogens is 2. The maximum atomic E-state index is 12.7. The van der Waals surface area contributed by atoms with E-state index < -0.39 is 6.10 Å². The molecule has 0 aliphatic carbocycles. The van der Waals surface area contributed by atoms with Gasteiger partial charge < -0.3 is 5.11 Å². The molecule has 0 saturated heterocycles. The van der Waals surface area contributed by atoms with E-state index in [0.29, 0.717) is 11.5 Å². The van der Waals surface area contributed by atoms with Crippen LogP contribution in [-0.4, -0.2) is 22.7 Å². The fraction of sp³-hybridized carbons (Fsp3) is 0.200. The predicted molar refractivity (Wildman–Crippen MR) is 80.3 cm³/mol. The van der Waals surface area contributed by atoms with Gasteiger partial charge in [-0.05, 0) is 48.5 Å². The van der Waals surface area contributed by atoms with E-state index in [1.165, 1.54) is 47.8 Å². The molecule has 0 saturated carbocycles. The van der Waals surface area contributed by atoms with E-state index >= 15 is 0 Å². The molecule has 0 radical (unpaired) electrons. The first kappa shape index (κ1) is 15.4. The third kappa shape index (κ3) is 5.15. The quantitative estimate of drug-likeness (QED) is 0.807. The minimum atomic E-state index is -0.472. The standard InChI is InChI=1S/C15H14F2OS2/c16-11-1-5-14(6-2-11)19-9-13(18)10-20-15-7-3-12(17)4-8-15/h1-8,13,18H,9-10H2. The van der Waals surface area contributed by atoms with Crippen molar-refractivity contribution in [2.24, 2.45) is 0 Å². The molecule has 106 valence electrons. The van der Waals surface area contributed by atoms with Crippen molar-refractivity contribution in [1.29, 1.82) is 0 Å². The zero-order valence-corrected chi connectivity index (χ0v) is 12.3. The summed E-state index contributed by atoms with van der Waals surface area (Å²) in [5.41, 5.74) is 0. The van der Waals surface area contributed by atoms with Crippen molar-refractivity contribution in [3.05, 3.63) is 60.2 Å².